The summed E-state index contributed by atoms with van der Waals surface area (Å²) in [6.07, 6.45) is 0.204. The van der Waals surface area contributed by atoms with Gasteiger partial charge in [-0.1, -0.05) is 0 Å². The van der Waals surface area contributed by atoms with E-state index in [0.29, 0.717) is 24.3 Å². The molecule has 1 heterocycles. The predicted molar refractivity (Wildman–Crippen MR) is 85.4 cm³/mol. The van der Waals surface area contributed by atoms with Crippen LogP contribution in [0.15, 0.2) is 24.3 Å². The van der Waals surface area contributed by atoms with E-state index >= 15 is 0 Å². The van der Waals surface area contributed by atoms with Crippen molar-refractivity contribution in [2.45, 2.75) is 13.3 Å². The molecule has 24 heavy (non-hydrogen) atoms. The molecule has 0 aromatic heterocycles. The van der Waals surface area contributed by atoms with E-state index in [1.807, 2.05) is 6.92 Å². The number of hydrogen-bond acceptors (Lipinski definition) is 4. The highest BCUT2D eigenvalue weighted by atomic mass is 16.4. The second kappa shape index (κ2) is 7.58. The maximum atomic E-state index is 12.2. The number of likely N-dealkylation sites (tertiary alicyclic amines) is 1. The van der Waals surface area contributed by atoms with E-state index in [0.717, 1.165) is 0 Å². The normalized spacial score (nSPS) is 16.8. The topological polar surface area (TPSA) is 116 Å². The second-order valence-corrected chi connectivity index (χ2v) is 5.48. The van der Waals surface area contributed by atoms with Gasteiger partial charge in [0.05, 0.1) is 5.92 Å². The van der Waals surface area contributed by atoms with Crippen LogP contribution >= 0.6 is 0 Å². The fourth-order valence-corrected chi connectivity index (χ4v) is 2.46. The first kappa shape index (κ1) is 17.5. The van der Waals surface area contributed by atoms with Crippen LogP contribution in [-0.2, 0) is 14.4 Å². The molecule has 1 aromatic rings. The molecule has 2 rings (SSSR count). The number of carbonyl (C=O) groups excluding carboxylic acids is 3. The zero-order chi connectivity index (χ0) is 17.7. The molecular formula is C16H19N3O5. The molecule has 0 saturated carbocycles. The number of carboxylic acid groups (broad SMARTS) is 1. The van der Waals surface area contributed by atoms with Crippen molar-refractivity contribution in [1.82, 2.24) is 10.2 Å². The number of nitrogens with one attached hydrogen (secondary N) is 2. The van der Waals surface area contributed by atoms with Gasteiger partial charge in [-0.15, -0.1) is 0 Å². The molecule has 1 atom stereocenters. The predicted octanol–water partition coefficient (Wildman–Crippen LogP) is 0.308. The van der Waals surface area contributed by atoms with Crippen LogP contribution in [0.3, 0.4) is 0 Å². The quantitative estimate of drug-likeness (QED) is 0.693. The SMILES string of the molecule is CCN1CC(C(=O)Nc2ccc(C(=O)NCC(=O)O)cc2)CC1=O. The van der Waals surface area contributed by atoms with Crippen LogP contribution in [-0.4, -0.2) is 53.3 Å². The first-order valence-electron chi connectivity index (χ1n) is 7.59. The van der Waals surface area contributed by atoms with E-state index in [1.54, 1.807) is 17.0 Å². The summed E-state index contributed by atoms with van der Waals surface area (Å²) in [7, 11) is 0. The minimum atomic E-state index is -1.13. The van der Waals surface area contributed by atoms with E-state index in [1.165, 1.54) is 12.1 Å². The lowest BCUT2D eigenvalue weighted by Crippen LogP contribution is -2.29. The summed E-state index contributed by atoms with van der Waals surface area (Å²) in [5.74, 6) is -2.27. The van der Waals surface area contributed by atoms with Crippen LogP contribution in [0.25, 0.3) is 0 Å². The standard InChI is InChI=1S/C16H19N3O5/c1-2-19-9-11(7-13(19)20)16(24)18-12-5-3-10(4-6-12)15(23)17-8-14(21)22/h3-6,11H,2,7-9H2,1H3,(H,17,23)(H,18,24)(H,21,22). The van der Waals surface area contributed by atoms with E-state index in [2.05, 4.69) is 10.6 Å². The molecule has 8 heteroatoms. The molecule has 1 fully saturated rings. The minimum Gasteiger partial charge on any atom is -0.480 e. The van der Waals surface area contributed by atoms with Crippen LogP contribution in [0.5, 0.6) is 0 Å². The minimum absolute atomic E-state index is 0.0249. The molecule has 1 unspecified atom stereocenters. The highest BCUT2D eigenvalue weighted by Crippen LogP contribution is 2.19. The number of carbonyl (C=O) groups is 4. The highest BCUT2D eigenvalue weighted by molar-refractivity contribution is 5.99. The third-order valence-corrected chi connectivity index (χ3v) is 3.78. The lowest BCUT2D eigenvalue weighted by molar-refractivity contribution is -0.135. The molecule has 1 aliphatic rings. The number of hydrogen-bond donors (Lipinski definition) is 3. The van der Waals surface area contributed by atoms with E-state index in [-0.39, 0.29) is 24.2 Å². The van der Waals surface area contributed by atoms with E-state index < -0.39 is 18.4 Å². The lowest BCUT2D eigenvalue weighted by atomic mass is 10.1. The molecule has 8 nitrogen and oxygen atoms in total. The third-order valence-electron chi connectivity index (χ3n) is 3.78. The Morgan fingerprint density at radius 2 is 1.92 bits per heavy atom. The monoisotopic (exact) mass is 333 g/mol. The second-order valence-electron chi connectivity index (χ2n) is 5.48. The Bertz CT molecular complexity index is 656. The van der Waals surface area contributed by atoms with E-state index in [4.69, 9.17) is 5.11 Å². The molecule has 1 saturated heterocycles. The van der Waals surface area contributed by atoms with Crippen LogP contribution in [0.4, 0.5) is 5.69 Å². The van der Waals surface area contributed by atoms with Gasteiger partial charge >= 0.3 is 5.97 Å². The number of amides is 3. The summed E-state index contributed by atoms with van der Waals surface area (Å²) in [6, 6.07) is 6.10. The molecule has 1 aromatic carbocycles. The molecule has 3 N–H and O–H groups in total. The van der Waals surface area contributed by atoms with Crippen LogP contribution in [0, 0.1) is 5.92 Å². The van der Waals surface area contributed by atoms with Gasteiger partial charge in [0.2, 0.25) is 11.8 Å². The largest absolute Gasteiger partial charge is 0.480 e. The summed E-state index contributed by atoms with van der Waals surface area (Å²) >= 11 is 0. The van der Waals surface area contributed by atoms with Gasteiger partial charge in [-0.2, -0.15) is 0 Å². The molecule has 1 aliphatic heterocycles. The van der Waals surface area contributed by atoms with Crippen molar-refractivity contribution in [3.8, 4) is 0 Å². The smallest absolute Gasteiger partial charge is 0.322 e. The van der Waals surface area contributed by atoms with Crippen molar-refractivity contribution in [2.75, 3.05) is 25.0 Å². The zero-order valence-electron chi connectivity index (χ0n) is 13.2. The van der Waals surface area contributed by atoms with Crippen molar-refractivity contribution < 1.29 is 24.3 Å². The Morgan fingerprint density at radius 1 is 1.25 bits per heavy atom. The van der Waals surface area contributed by atoms with Gasteiger partial charge in [0.25, 0.3) is 5.91 Å². The average Bonchev–Trinajstić information content (AvgIpc) is 2.94. The molecule has 3 amide bonds. The summed E-state index contributed by atoms with van der Waals surface area (Å²) in [4.78, 5) is 47.6. The van der Waals surface area contributed by atoms with Crippen LogP contribution < -0.4 is 10.6 Å². The Morgan fingerprint density at radius 3 is 2.46 bits per heavy atom. The van der Waals surface area contributed by atoms with Crippen molar-refractivity contribution in [1.29, 1.82) is 0 Å². The van der Waals surface area contributed by atoms with Gasteiger partial charge in [0, 0.05) is 30.8 Å². The fourth-order valence-electron chi connectivity index (χ4n) is 2.46. The van der Waals surface area contributed by atoms with Crippen molar-refractivity contribution in [3.63, 3.8) is 0 Å². The first-order valence-corrected chi connectivity index (χ1v) is 7.59. The zero-order valence-corrected chi connectivity index (χ0v) is 13.2. The third kappa shape index (κ3) is 4.31. The van der Waals surface area contributed by atoms with Gasteiger partial charge in [0.1, 0.15) is 6.54 Å². The van der Waals surface area contributed by atoms with Gasteiger partial charge in [-0.25, -0.2) is 0 Å². The molecule has 0 aliphatic carbocycles. The van der Waals surface area contributed by atoms with E-state index in [9.17, 15) is 19.2 Å². The van der Waals surface area contributed by atoms with Gasteiger partial charge in [0.15, 0.2) is 0 Å². The first-order chi connectivity index (χ1) is 11.4. The highest BCUT2D eigenvalue weighted by Gasteiger charge is 2.33. The lowest BCUT2D eigenvalue weighted by Gasteiger charge is -2.13. The summed E-state index contributed by atoms with van der Waals surface area (Å²) in [5, 5.41) is 13.5. The number of anilines is 1. The van der Waals surface area contributed by atoms with Gasteiger partial charge < -0.3 is 20.6 Å². The fraction of sp³-hybridized carbons (Fsp3) is 0.375. The number of nitrogens with zero attached hydrogens (tertiary/aromatic N) is 1. The molecular weight excluding hydrogens is 314 g/mol. The van der Waals surface area contributed by atoms with Crippen molar-refractivity contribution in [3.05, 3.63) is 29.8 Å². The Labute approximate surface area is 138 Å². The Balaban J connectivity index is 1.92. The maximum Gasteiger partial charge on any atom is 0.322 e. The van der Waals surface area contributed by atoms with Crippen LogP contribution in [0.1, 0.15) is 23.7 Å². The number of benzene rings is 1. The summed E-state index contributed by atoms with van der Waals surface area (Å²) in [6.45, 7) is 2.41. The van der Waals surface area contributed by atoms with Crippen molar-refractivity contribution in [2.24, 2.45) is 5.92 Å². The number of rotatable bonds is 6. The van der Waals surface area contributed by atoms with Gasteiger partial charge in [-0.3, -0.25) is 19.2 Å². The van der Waals surface area contributed by atoms with Crippen LogP contribution in [0.2, 0.25) is 0 Å². The molecule has 0 radical (unpaired) electrons. The number of aliphatic carboxylic acids is 1. The Hall–Kier alpha value is -2.90. The molecule has 0 spiro atoms. The van der Waals surface area contributed by atoms with Crippen molar-refractivity contribution >= 4 is 29.4 Å². The summed E-state index contributed by atoms with van der Waals surface area (Å²) < 4.78 is 0. The maximum absolute atomic E-state index is 12.2. The average molecular weight is 333 g/mol. The number of carboxylic acids is 1. The van der Waals surface area contributed by atoms with Gasteiger partial charge in [-0.05, 0) is 31.2 Å². The Kier molecular flexibility index (Phi) is 5.51. The molecule has 0 bridgehead atoms. The molecule has 128 valence electrons. The summed E-state index contributed by atoms with van der Waals surface area (Å²) in [5.41, 5.74) is 0.805.